The standard InChI is InChI=1S/C44H54N4O7/c1-9-25-22-47-16-14-40-31-20-34(51-5)28(19-32(31)45(3)43(40,47)12-10-26(25)36(40)38(49)53-7)27-18-30-33(21-35(27)52-6)46(4)44-13-11-29-37(39(50)54-8)41(30,44)15-17-48(44)23-42(29)24(2)55-42/h9,18-21,24,26,29,36-37H,10-17,22-23H2,1-8H3/b25-9-/t24?,26-,29+,36?,37?,40-,41-,42?,43?,44?/m0/s1. The van der Waals surface area contributed by atoms with Gasteiger partial charge >= 0.3 is 11.9 Å². The van der Waals surface area contributed by atoms with E-state index in [0.29, 0.717) is 0 Å². The Hall–Kier alpha value is -3.80. The number of benzene rings is 2. The van der Waals surface area contributed by atoms with E-state index in [9.17, 15) is 9.59 Å². The number of likely N-dealkylation sites (N-methyl/N-ethyl adjacent to an activating group) is 2. The Balaban J connectivity index is 1.13. The van der Waals surface area contributed by atoms with E-state index >= 15 is 0 Å². The van der Waals surface area contributed by atoms with Crippen molar-refractivity contribution in [3.63, 3.8) is 0 Å². The zero-order valence-corrected chi connectivity index (χ0v) is 33.5. The van der Waals surface area contributed by atoms with Gasteiger partial charge in [0.05, 0.1) is 46.4 Å². The first-order valence-electron chi connectivity index (χ1n) is 20.4. The third-order valence-corrected chi connectivity index (χ3v) is 17.4. The molecule has 292 valence electrons. The molecule has 12 atom stereocenters. The van der Waals surface area contributed by atoms with E-state index in [1.54, 1.807) is 28.4 Å². The monoisotopic (exact) mass is 750 g/mol. The quantitative estimate of drug-likeness (QED) is 0.233. The lowest BCUT2D eigenvalue weighted by Gasteiger charge is -2.54. The van der Waals surface area contributed by atoms with Crippen molar-refractivity contribution in [2.45, 2.75) is 86.2 Å². The minimum absolute atomic E-state index is 0.0684. The summed E-state index contributed by atoms with van der Waals surface area (Å²) >= 11 is 0. The lowest BCUT2D eigenvalue weighted by molar-refractivity contribution is -0.156. The van der Waals surface area contributed by atoms with Gasteiger partial charge in [-0.1, -0.05) is 11.6 Å². The van der Waals surface area contributed by atoms with Crippen LogP contribution in [0, 0.1) is 23.7 Å². The third kappa shape index (κ3) is 3.44. The highest BCUT2D eigenvalue weighted by Crippen LogP contribution is 2.74. The summed E-state index contributed by atoms with van der Waals surface area (Å²) in [5.41, 5.74) is 5.85. The maximum atomic E-state index is 14.3. The van der Waals surface area contributed by atoms with Gasteiger partial charge in [0.25, 0.3) is 0 Å². The Morgan fingerprint density at radius 2 is 1.33 bits per heavy atom. The fourth-order valence-electron chi connectivity index (χ4n) is 15.5. The first-order chi connectivity index (χ1) is 26.5. The SMILES string of the molecule is C/C=C1/CN2CC[C@@]34c5cc(OC)c(-c6cc7c(cc6OC)N(C)C68CC[C@@H]9C(C(=O)OC)[C@]76CCN8CC96OC6C)cc5N(C)C23CC[C@@H]1C4C(=O)OC. The van der Waals surface area contributed by atoms with Crippen LogP contribution in [0.2, 0.25) is 0 Å². The fraction of sp³-hybridized carbons (Fsp3) is 0.636. The third-order valence-electron chi connectivity index (χ3n) is 17.4. The molecule has 13 rings (SSSR count). The van der Waals surface area contributed by atoms with E-state index in [1.165, 1.54) is 16.7 Å². The summed E-state index contributed by atoms with van der Waals surface area (Å²) < 4.78 is 30.6. The van der Waals surface area contributed by atoms with E-state index in [-0.39, 0.29) is 58.6 Å². The number of allylic oxidation sites excluding steroid dienone is 1. The summed E-state index contributed by atoms with van der Waals surface area (Å²) in [6.07, 6.45) is 7.89. The molecule has 55 heavy (non-hydrogen) atoms. The molecule has 0 amide bonds. The normalized spacial score (nSPS) is 43.9. The molecule has 11 heteroatoms. The van der Waals surface area contributed by atoms with E-state index in [0.717, 1.165) is 98.7 Å². The Kier molecular flexibility index (Phi) is 6.75. The lowest BCUT2D eigenvalue weighted by atomic mass is 9.53. The first kappa shape index (κ1) is 34.4. The zero-order valence-electron chi connectivity index (χ0n) is 33.5. The molecule has 2 aliphatic carbocycles. The van der Waals surface area contributed by atoms with Crippen LogP contribution in [0.3, 0.4) is 0 Å². The predicted octanol–water partition coefficient (Wildman–Crippen LogP) is 5.08. The Morgan fingerprint density at radius 3 is 1.98 bits per heavy atom. The molecule has 11 aliphatic rings. The van der Waals surface area contributed by atoms with Gasteiger partial charge in [0.15, 0.2) is 0 Å². The van der Waals surface area contributed by atoms with Crippen LogP contribution in [0.5, 0.6) is 11.5 Å². The Bertz CT molecular complexity index is 2120. The molecule has 0 aromatic heterocycles. The van der Waals surface area contributed by atoms with Gasteiger partial charge in [-0.05, 0) is 87.6 Å². The summed E-state index contributed by atoms with van der Waals surface area (Å²) in [7, 11) is 11.0. The van der Waals surface area contributed by atoms with Crippen LogP contribution in [-0.4, -0.2) is 113 Å². The van der Waals surface area contributed by atoms with Crippen LogP contribution in [0.25, 0.3) is 11.1 Å². The topological polar surface area (TPSA) is 96.5 Å². The number of methoxy groups -OCH3 is 4. The first-order valence-corrected chi connectivity index (χ1v) is 20.4. The van der Waals surface area contributed by atoms with Crippen LogP contribution in [0.15, 0.2) is 35.9 Å². The Morgan fingerprint density at radius 1 is 0.764 bits per heavy atom. The van der Waals surface area contributed by atoms with Crippen LogP contribution in [0.4, 0.5) is 11.4 Å². The molecule has 3 spiro atoms. The second-order valence-electron chi connectivity index (χ2n) is 18.0. The van der Waals surface area contributed by atoms with Gasteiger partial charge in [-0.15, -0.1) is 0 Å². The van der Waals surface area contributed by atoms with Crippen molar-refractivity contribution < 1.29 is 33.3 Å². The maximum Gasteiger partial charge on any atom is 0.310 e. The summed E-state index contributed by atoms with van der Waals surface area (Å²) in [6, 6.07) is 9.06. The number of anilines is 2. The number of rotatable bonds is 5. The van der Waals surface area contributed by atoms with Gasteiger partial charge in [0.1, 0.15) is 28.4 Å². The van der Waals surface area contributed by atoms with Crippen molar-refractivity contribution in [3.05, 3.63) is 47.0 Å². The summed E-state index contributed by atoms with van der Waals surface area (Å²) in [6.45, 7) is 7.79. The average molecular weight is 751 g/mol. The van der Waals surface area contributed by atoms with Crippen molar-refractivity contribution in [3.8, 4) is 22.6 Å². The zero-order chi connectivity index (χ0) is 38.2. The van der Waals surface area contributed by atoms with Gasteiger partial charge in [0.2, 0.25) is 0 Å². The number of esters is 2. The smallest absolute Gasteiger partial charge is 0.310 e. The second-order valence-corrected chi connectivity index (χ2v) is 18.0. The van der Waals surface area contributed by atoms with E-state index in [1.807, 2.05) is 0 Å². The minimum Gasteiger partial charge on any atom is -0.496 e. The maximum absolute atomic E-state index is 14.3. The molecule has 7 saturated heterocycles. The van der Waals surface area contributed by atoms with Crippen molar-refractivity contribution in [1.82, 2.24) is 9.80 Å². The van der Waals surface area contributed by atoms with Crippen LogP contribution >= 0.6 is 0 Å². The highest BCUT2D eigenvalue weighted by molar-refractivity contribution is 5.90. The molecule has 0 radical (unpaired) electrons. The van der Waals surface area contributed by atoms with Gasteiger partial charge in [-0.25, -0.2) is 0 Å². The van der Waals surface area contributed by atoms with Crippen molar-refractivity contribution >= 4 is 23.3 Å². The number of carbonyl (C=O) groups excluding carboxylic acids is 2. The largest absolute Gasteiger partial charge is 0.496 e. The molecule has 8 unspecified atom stereocenters. The molecule has 2 saturated carbocycles. The fourth-order valence-corrected chi connectivity index (χ4v) is 15.5. The molecule has 9 heterocycles. The predicted molar refractivity (Wildman–Crippen MR) is 206 cm³/mol. The van der Waals surface area contributed by atoms with Crippen molar-refractivity contribution in [1.29, 1.82) is 0 Å². The van der Waals surface area contributed by atoms with Crippen molar-refractivity contribution in [2.75, 3.05) is 78.5 Å². The van der Waals surface area contributed by atoms with E-state index < -0.39 is 10.8 Å². The molecule has 9 aliphatic heterocycles. The molecule has 11 nitrogen and oxygen atoms in total. The highest BCUT2D eigenvalue weighted by atomic mass is 16.6. The van der Waals surface area contributed by atoms with Gasteiger partial charge in [-0.3, -0.25) is 19.4 Å². The summed E-state index contributed by atoms with van der Waals surface area (Å²) in [5.74, 6) is 0.835. The van der Waals surface area contributed by atoms with Gasteiger partial charge in [0, 0.05) is 85.6 Å². The number of fused-ring (bicyclic) bond motifs is 5. The van der Waals surface area contributed by atoms with Crippen LogP contribution in [0.1, 0.15) is 63.5 Å². The number of carbonyl (C=O) groups is 2. The minimum atomic E-state index is -0.487. The van der Waals surface area contributed by atoms with E-state index in [2.05, 4.69) is 77.9 Å². The molecule has 2 aromatic carbocycles. The van der Waals surface area contributed by atoms with Gasteiger partial charge in [-0.2, -0.15) is 0 Å². The lowest BCUT2D eigenvalue weighted by Crippen LogP contribution is -2.66. The Labute approximate surface area is 323 Å². The molecule has 0 N–H and O–H groups in total. The second kappa shape index (κ2) is 10.8. The molecular formula is C44H54N4O7. The molecule has 9 fully saturated rings. The molecular weight excluding hydrogens is 697 g/mol. The number of hydrogen-bond donors (Lipinski definition) is 0. The van der Waals surface area contributed by atoms with Gasteiger partial charge < -0.3 is 33.5 Å². The molecule has 8 bridgehead atoms. The van der Waals surface area contributed by atoms with E-state index in [4.69, 9.17) is 23.7 Å². The molecule has 2 aromatic rings. The van der Waals surface area contributed by atoms with Crippen LogP contribution < -0.4 is 19.3 Å². The summed E-state index contributed by atoms with van der Waals surface area (Å²) in [5, 5.41) is 0. The highest BCUT2D eigenvalue weighted by Gasteiger charge is 2.82. The summed E-state index contributed by atoms with van der Waals surface area (Å²) in [4.78, 5) is 38.7. The number of nitrogens with zero attached hydrogens (tertiary/aromatic N) is 4. The number of hydrogen-bond acceptors (Lipinski definition) is 11. The number of ether oxygens (including phenoxy) is 5. The van der Waals surface area contributed by atoms with Crippen molar-refractivity contribution in [2.24, 2.45) is 23.7 Å². The number of epoxide rings is 1. The average Bonchev–Trinajstić information content (AvgIpc) is 3.54. The van der Waals surface area contributed by atoms with Crippen LogP contribution in [-0.2, 0) is 34.6 Å².